The number of methoxy groups -OCH3 is 1. The molecule has 0 aliphatic heterocycles. The Labute approximate surface area is 186 Å². The molecule has 8 heteroatoms. The minimum Gasteiger partial charge on any atom is -0.494 e. The second-order valence-electron chi connectivity index (χ2n) is 6.24. The largest absolute Gasteiger partial charge is 0.494 e. The molecule has 1 heterocycles. The molecule has 1 N–H and O–H groups in total. The van der Waals surface area contributed by atoms with E-state index >= 15 is 0 Å². The molecular weight excluding hydrogens is 486 g/mol. The van der Waals surface area contributed by atoms with Crippen LogP contribution in [-0.2, 0) is 13.1 Å². The van der Waals surface area contributed by atoms with E-state index in [9.17, 15) is 4.39 Å². The Morgan fingerprint density at radius 3 is 2.66 bits per heavy atom. The second kappa shape index (κ2) is 10.8. The number of oxazole rings is 1. The predicted octanol–water partition coefficient (Wildman–Crippen LogP) is 4.31. The standard InChI is InChI=1S/C21H23FN4O2.HI/c1-23-21(26(2)13-15-9-10-19(27-3)18(22)11-15)24-12-17-14-28-20(25-17)16-7-5-4-6-8-16;/h4-11,14H,12-13H2,1-3H3,(H,23,24);1H. The molecule has 0 saturated heterocycles. The van der Waals surface area contributed by atoms with Gasteiger partial charge in [-0.25, -0.2) is 9.37 Å². The van der Waals surface area contributed by atoms with Gasteiger partial charge in [-0.2, -0.15) is 0 Å². The van der Waals surface area contributed by atoms with E-state index in [1.54, 1.807) is 19.4 Å². The number of hydrogen-bond acceptors (Lipinski definition) is 4. The molecule has 0 fully saturated rings. The van der Waals surface area contributed by atoms with Gasteiger partial charge in [-0.15, -0.1) is 24.0 Å². The third-order valence-corrected chi connectivity index (χ3v) is 4.21. The summed E-state index contributed by atoms with van der Waals surface area (Å²) in [4.78, 5) is 10.7. The molecule has 0 bridgehead atoms. The predicted molar refractivity (Wildman–Crippen MR) is 122 cm³/mol. The molecule has 0 aliphatic rings. The first-order valence-corrected chi connectivity index (χ1v) is 8.84. The molecule has 0 unspecified atom stereocenters. The van der Waals surface area contributed by atoms with Crippen LogP contribution in [-0.4, -0.2) is 37.0 Å². The van der Waals surface area contributed by atoms with Crippen LogP contribution in [0.3, 0.4) is 0 Å². The highest BCUT2D eigenvalue weighted by molar-refractivity contribution is 14.0. The number of halogens is 2. The molecular formula is C21H24FIN4O2. The van der Waals surface area contributed by atoms with Crippen LogP contribution in [0.5, 0.6) is 5.75 Å². The number of guanidine groups is 1. The topological polar surface area (TPSA) is 62.9 Å². The number of hydrogen-bond donors (Lipinski definition) is 1. The average molecular weight is 510 g/mol. The van der Waals surface area contributed by atoms with E-state index in [2.05, 4.69) is 15.3 Å². The molecule has 2 aromatic carbocycles. The number of ether oxygens (including phenoxy) is 1. The molecule has 154 valence electrons. The maximum Gasteiger partial charge on any atom is 0.226 e. The van der Waals surface area contributed by atoms with Crippen molar-refractivity contribution in [3.8, 4) is 17.2 Å². The Hall–Kier alpha value is -2.62. The highest BCUT2D eigenvalue weighted by Gasteiger charge is 2.11. The molecule has 0 aliphatic carbocycles. The van der Waals surface area contributed by atoms with Crippen LogP contribution in [0.2, 0.25) is 0 Å². The number of aliphatic imine (C=N–C) groups is 1. The van der Waals surface area contributed by atoms with Gasteiger partial charge in [0, 0.05) is 26.2 Å². The lowest BCUT2D eigenvalue weighted by Gasteiger charge is -2.22. The number of aromatic nitrogens is 1. The zero-order chi connectivity index (χ0) is 19.9. The summed E-state index contributed by atoms with van der Waals surface area (Å²) in [5.41, 5.74) is 2.51. The van der Waals surface area contributed by atoms with E-state index in [4.69, 9.17) is 9.15 Å². The van der Waals surface area contributed by atoms with Crippen molar-refractivity contribution in [2.75, 3.05) is 21.2 Å². The SMILES string of the molecule is CN=C(NCc1coc(-c2ccccc2)n1)N(C)Cc1ccc(OC)c(F)c1.I. The van der Waals surface area contributed by atoms with Crippen molar-refractivity contribution in [2.24, 2.45) is 4.99 Å². The maximum absolute atomic E-state index is 13.9. The van der Waals surface area contributed by atoms with Crippen LogP contribution in [0.1, 0.15) is 11.3 Å². The molecule has 3 rings (SSSR count). The molecule has 6 nitrogen and oxygen atoms in total. The fourth-order valence-electron chi connectivity index (χ4n) is 2.81. The zero-order valence-corrected chi connectivity index (χ0v) is 18.9. The molecule has 0 spiro atoms. The normalized spacial score (nSPS) is 11.0. The lowest BCUT2D eigenvalue weighted by Crippen LogP contribution is -2.38. The quantitative estimate of drug-likeness (QED) is 0.304. The molecule has 29 heavy (non-hydrogen) atoms. The smallest absolute Gasteiger partial charge is 0.226 e. The molecule has 1 aromatic heterocycles. The van der Waals surface area contributed by atoms with Gasteiger partial charge in [-0.05, 0) is 29.8 Å². The first-order chi connectivity index (χ1) is 13.6. The highest BCUT2D eigenvalue weighted by atomic mass is 127. The minimum atomic E-state index is -0.382. The van der Waals surface area contributed by atoms with Crippen molar-refractivity contribution in [1.82, 2.24) is 15.2 Å². The van der Waals surface area contributed by atoms with Crippen molar-refractivity contribution in [1.29, 1.82) is 0 Å². The summed E-state index contributed by atoms with van der Waals surface area (Å²) in [5.74, 6) is 1.09. The van der Waals surface area contributed by atoms with Crippen LogP contribution >= 0.6 is 24.0 Å². The van der Waals surface area contributed by atoms with Gasteiger partial charge >= 0.3 is 0 Å². The van der Waals surface area contributed by atoms with Crippen molar-refractivity contribution < 1.29 is 13.5 Å². The Kier molecular flexibility index (Phi) is 8.44. The minimum absolute atomic E-state index is 0. The van der Waals surface area contributed by atoms with E-state index in [0.29, 0.717) is 24.9 Å². The molecule has 3 aromatic rings. The monoisotopic (exact) mass is 510 g/mol. The average Bonchev–Trinajstić information content (AvgIpc) is 3.18. The van der Waals surface area contributed by atoms with Gasteiger partial charge in [-0.1, -0.05) is 24.3 Å². The number of nitrogens with one attached hydrogen (secondary N) is 1. The maximum atomic E-state index is 13.9. The van der Waals surface area contributed by atoms with Crippen LogP contribution < -0.4 is 10.1 Å². The molecule has 0 amide bonds. The lowest BCUT2D eigenvalue weighted by molar-refractivity contribution is 0.385. The Morgan fingerprint density at radius 2 is 2.00 bits per heavy atom. The van der Waals surface area contributed by atoms with Gasteiger partial charge in [0.2, 0.25) is 5.89 Å². The number of nitrogens with zero attached hydrogens (tertiary/aromatic N) is 3. The Morgan fingerprint density at radius 1 is 1.24 bits per heavy atom. The van der Waals surface area contributed by atoms with Gasteiger partial charge in [0.1, 0.15) is 6.26 Å². The zero-order valence-electron chi connectivity index (χ0n) is 16.6. The van der Waals surface area contributed by atoms with E-state index in [-0.39, 0.29) is 35.5 Å². The van der Waals surface area contributed by atoms with Crippen molar-refractivity contribution in [3.63, 3.8) is 0 Å². The number of benzene rings is 2. The van der Waals surface area contributed by atoms with Crippen LogP contribution in [0.4, 0.5) is 4.39 Å². The first-order valence-electron chi connectivity index (χ1n) is 8.84. The van der Waals surface area contributed by atoms with Crippen molar-refractivity contribution in [3.05, 3.63) is 71.9 Å². The summed E-state index contributed by atoms with van der Waals surface area (Å²) in [6.45, 7) is 0.957. The van der Waals surface area contributed by atoms with Crippen LogP contribution in [0, 0.1) is 5.82 Å². The summed E-state index contributed by atoms with van der Waals surface area (Å²) >= 11 is 0. The van der Waals surface area contributed by atoms with Gasteiger partial charge in [0.25, 0.3) is 0 Å². The van der Waals surface area contributed by atoms with Crippen molar-refractivity contribution in [2.45, 2.75) is 13.1 Å². The Balaban J connectivity index is 0.00000300. The Bertz CT molecular complexity index is 947. The third kappa shape index (κ3) is 5.93. The second-order valence-corrected chi connectivity index (χ2v) is 6.24. The highest BCUT2D eigenvalue weighted by Crippen LogP contribution is 2.19. The fraction of sp³-hybridized carbons (Fsp3) is 0.238. The molecule has 0 atom stereocenters. The van der Waals surface area contributed by atoms with Crippen LogP contribution in [0.25, 0.3) is 11.5 Å². The molecule has 0 saturated carbocycles. The van der Waals surface area contributed by atoms with Crippen molar-refractivity contribution >= 4 is 29.9 Å². The van der Waals surface area contributed by atoms with E-state index in [0.717, 1.165) is 16.8 Å². The lowest BCUT2D eigenvalue weighted by atomic mass is 10.2. The number of rotatable bonds is 6. The van der Waals surface area contributed by atoms with Crippen LogP contribution in [0.15, 0.2) is 64.2 Å². The first kappa shape index (κ1) is 22.7. The van der Waals surface area contributed by atoms with E-state index < -0.39 is 0 Å². The van der Waals surface area contributed by atoms with E-state index in [1.165, 1.54) is 13.2 Å². The van der Waals surface area contributed by atoms with Gasteiger partial charge in [0.05, 0.1) is 19.3 Å². The van der Waals surface area contributed by atoms with Gasteiger partial charge in [-0.3, -0.25) is 4.99 Å². The molecule has 0 radical (unpaired) electrons. The van der Waals surface area contributed by atoms with E-state index in [1.807, 2.05) is 48.3 Å². The third-order valence-electron chi connectivity index (χ3n) is 4.21. The summed E-state index contributed by atoms with van der Waals surface area (Å²) in [5, 5.41) is 3.24. The van der Waals surface area contributed by atoms with Gasteiger partial charge in [0.15, 0.2) is 17.5 Å². The fourth-order valence-corrected chi connectivity index (χ4v) is 2.81. The summed E-state index contributed by atoms with van der Waals surface area (Å²) in [6, 6.07) is 14.6. The summed E-state index contributed by atoms with van der Waals surface area (Å²) in [6.07, 6.45) is 1.63. The summed E-state index contributed by atoms with van der Waals surface area (Å²) < 4.78 is 24.4. The summed E-state index contributed by atoms with van der Waals surface area (Å²) in [7, 11) is 5.03. The van der Waals surface area contributed by atoms with Gasteiger partial charge < -0.3 is 19.4 Å².